The van der Waals surface area contributed by atoms with Crippen LogP contribution >= 0.6 is 11.6 Å². The summed E-state index contributed by atoms with van der Waals surface area (Å²) in [4.78, 5) is -0.133. The molecule has 0 spiro atoms. The van der Waals surface area contributed by atoms with Crippen LogP contribution in [0.4, 0.5) is 0 Å². The first-order valence-electron chi connectivity index (χ1n) is 5.41. The highest BCUT2D eigenvalue weighted by atomic mass is 35.5. The van der Waals surface area contributed by atoms with Gasteiger partial charge in [-0.1, -0.05) is 11.6 Å². The topological polar surface area (TPSA) is 116 Å². The number of halogens is 1. The fraction of sp³-hybridized carbons (Fsp3) is 0.364. The van der Waals surface area contributed by atoms with Crippen molar-refractivity contribution in [1.82, 2.24) is 4.72 Å². The van der Waals surface area contributed by atoms with E-state index in [-0.39, 0.29) is 22.0 Å². The molecule has 0 amide bonds. The van der Waals surface area contributed by atoms with Gasteiger partial charge in [-0.15, -0.1) is 0 Å². The minimum Gasteiger partial charge on any atom is -0.392 e. The molecule has 0 fully saturated rings. The lowest BCUT2D eigenvalue weighted by Gasteiger charge is -2.15. The lowest BCUT2D eigenvalue weighted by atomic mass is 10.2. The Balaban J connectivity index is 2.93. The van der Waals surface area contributed by atoms with Crippen LogP contribution in [0.5, 0.6) is 0 Å². The van der Waals surface area contributed by atoms with Crippen LogP contribution in [0.15, 0.2) is 23.1 Å². The number of aliphatic hydroxyl groups is 1. The number of benzene rings is 1. The smallest absolute Gasteiger partial charge is 0.242 e. The number of nitrogens with one attached hydrogen (secondary N) is 1. The molecule has 0 aromatic heterocycles. The molecule has 1 rings (SSSR count). The molecule has 0 saturated heterocycles. The van der Waals surface area contributed by atoms with Gasteiger partial charge in [-0.05, 0) is 25.1 Å². The van der Waals surface area contributed by atoms with E-state index in [1.54, 1.807) is 0 Å². The minimum absolute atomic E-state index is 0.0443. The number of nitrogens with zero attached hydrogens (tertiary/aromatic N) is 1. The van der Waals surface area contributed by atoms with E-state index in [0.717, 1.165) is 0 Å². The molecule has 0 radical (unpaired) electrons. The molecule has 4 N–H and O–H groups in total. The first-order chi connectivity index (χ1) is 8.77. The molecule has 0 aliphatic carbocycles. The normalized spacial score (nSPS) is 14.7. The Morgan fingerprint density at radius 3 is 2.68 bits per heavy atom. The molecule has 0 bridgehead atoms. The lowest BCUT2D eigenvalue weighted by molar-refractivity contribution is 0.164. The Morgan fingerprint density at radius 1 is 1.58 bits per heavy atom. The molecule has 6 nitrogen and oxygen atoms in total. The molecule has 2 atom stereocenters. The third kappa shape index (κ3) is 4.16. The molecule has 1 aromatic carbocycles. The monoisotopic (exact) mass is 303 g/mol. The third-order valence-corrected chi connectivity index (χ3v) is 4.39. The second-order valence-electron chi connectivity index (χ2n) is 4.01. The van der Waals surface area contributed by atoms with Crippen molar-refractivity contribution in [2.24, 2.45) is 5.73 Å². The van der Waals surface area contributed by atoms with Crippen LogP contribution in [0.25, 0.3) is 0 Å². The summed E-state index contributed by atoms with van der Waals surface area (Å²) in [6.45, 7) is 1.35. The Labute approximate surface area is 116 Å². The Bertz CT molecular complexity index is 596. The van der Waals surface area contributed by atoms with Crippen molar-refractivity contribution in [2.75, 3.05) is 6.54 Å². The van der Waals surface area contributed by atoms with Crippen molar-refractivity contribution in [3.63, 3.8) is 0 Å². The molecule has 1 aromatic rings. The fourth-order valence-corrected chi connectivity index (χ4v) is 2.86. The fourth-order valence-electron chi connectivity index (χ4n) is 1.24. The number of hydrogen-bond donors (Lipinski definition) is 3. The van der Waals surface area contributed by atoms with Gasteiger partial charge in [-0.3, -0.25) is 0 Å². The second kappa shape index (κ2) is 6.32. The zero-order chi connectivity index (χ0) is 14.6. The van der Waals surface area contributed by atoms with E-state index in [1.807, 2.05) is 6.07 Å². The Kier molecular flexibility index (Phi) is 5.29. The highest BCUT2D eigenvalue weighted by molar-refractivity contribution is 7.89. The van der Waals surface area contributed by atoms with Crippen LogP contribution in [-0.4, -0.2) is 32.2 Å². The van der Waals surface area contributed by atoms with Crippen LogP contribution in [-0.2, 0) is 10.0 Å². The Hall–Kier alpha value is -1.17. The van der Waals surface area contributed by atoms with E-state index in [2.05, 4.69) is 4.72 Å². The zero-order valence-corrected chi connectivity index (χ0v) is 11.7. The van der Waals surface area contributed by atoms with Crippen LogP contribution in [0, 0.1) is 11.3 Å². The van der Waals surface area contributed by atoms with Gasteiger partial charge < -0.3 is 10.8 Å². The van der Waals surface area contributed by atoms with Gasteiger partial charge in [0.25, 0.3) is 0 Å². The number of hydrogen-bond acceptors (Lipinski definition) is 5. The summed E-state index contributed by atoms with van der Waals surface area (Å²) >= 11 is 5.82. The summed E-state index contributed by atoms with van der Waals surface area (Å²) in [5.41, 5.74) is 5.80. The highest BCUT2D eigenvalue weighted by Crippen LogP contribution is 2.22. The van der Waals surface area contributed by atoms with Gasteiger partial charge in [0.15, 0.2) is 0 Å². The van der Waals surface area contributed by atoms with Gasteiger partial charge in [0, 0.05) is 12.6 Å². The predicted molar refractivity (Wildman–Crippen MR) is 71.0 cm³/mol. The molecule has 19 heavy (non-hydrogen) atoms. The largest absolute Gasteiger partial charge is 0.392 e. The number of rotatable bonds is 5. The van der Waals surface area contributed by atoms with Crippen molar-refractivity contribution in [2.45, 2.75) is 24.0 Å². The van der Waals surface area contributed by atoms with Crippen LogP contribution in [0.3, 0.4) is 0 Å². The van der Waals surface area contributed by atoms with Gasteiger partial charge in [-0.25, -0.2) is 13.1 Å². The summed E-state index contributed by atoms with van der Waals surface area (Å²) in [5.74, 6) is 0. The average Bonchev–Trinajstić information content (AvgIpc) is 2.35. The number of sulfonamides is 1. The third-order valence-electron chi connectivity index (χ3n) is 2.48. The van der Waals surface area contributed by atoms with Crippen LogP contribution in [0.2, 0.25) is 5.02 Å². The van der Waals surface area contributed by atoms with Gasteiger partial charge >= 0.3 is 0 Å². The molecule has 0 aliphatic heterocycles. The molecular formula is C11H14ClN3O3S. The maximum absolute atomic E-state index is 12.0. The summed E-state index contributed by atoms with van der Waals surface area (Å²) in [7, 11) is -3.83. The summed E-state index contributed by atoms with van der Waals surface area (Å²) in [5, 5.41) is 17.8. The lowest BCUT2D eigenvalue weighted by Crippen LogP contribution is -2.43. The average molecular weight is 304 g/mol. The van der Waals surface area contributed by atoms with Crippen molar-refractivity contribution in [1.29, 1.82) is 5.26 Å². The van der Waals surface area contributed by atoms with E-state index >= 15 is 0 Å². The molecule has 104 valence electrons. The van der Waals surface area contributed by atoms with Crippen molar-refractivity contribution in [3.8, 4) is 6.07 Å². The second-order valence-corrected chi connectivity index (χ2v) is 6.16. The summed E-state index contributed by atoms with van der Waals surface area (Å²) < 4.78 is 26.2. The number of nitriles is 1. The zero-order valence-electron chi connectivity index (χ0n) is 10.2. The van der Waals surface area contributed by atoms with E-state index in [9.17, 15) is 13.5 Å². The molecule has 2 unspecified atom stereocenters. The van der Waals surface area contributed by atoms with E-state index in [1.165, 1.54) is 25.1 Å². The van der Waals surface area contributed by atoms with Gasteiger partial charge in [-0.2, -0.15) is 5.26 Å². The van der Waals surface area contributed by atoms with Crippen molar-refractivity contribution in [3.05, 3.63) is 28.8 Å². The molecule has 8 heteroatoms. The standard InChI is InChI=1S/C11H14ClN3O3S/c1-7(16)10(14)6-15-19(17,18)11-3-2-8(5-13)4-9(11)12/h2-4,7,10,15-16H,6,14H2,1H3. The molecule has 0 heterocycles. The van der Waals surface area contributed by atoms with E-state index < -0.39 is 22.2 Å². The summed E-state index contributed by atoms with van der Waals surface area (Å²) in [6, 6.07) is 5.01. The first-order valence-corrected chi connectivity index (χ1v) is 7.27. The molecular weight excluding hydrogens is 290 g/mol. The highest BCUT2D eigenvalue weighted by Gasteiger charge is 2.20. The van der Waals surface area contributed by atoms with Gasteiger partial charge in [0.05, 0.1) is 22.8 Å². The molecule has 0 aliphatic rings. The van der Waals surface area contributed by atoms with Crippen molar-refractivity contribution >= 4 is 21.6 Å². The van der Waals surface area contributed by atoms with E-state index in [4.69, 9.17) is 22.6 Å². The quantitative estimate of drug-likeness (QED) is 0.718. The summed E-state index contributed by atoms with van der Waals surface area (Å²) in [6.07, 6.45) is -0.834. The van der Waals surface area contributed by atoms with Gasteiger partial charge in [0.2, 0.25) is 10.0 Å². The predicted octanol–water partition coefficient (Wildman–Crippen LogP) is 0.198. The first kappa shape index (κ1) is 15.9. The minimum atomic E-state index is -3.83. The number of aliphatic hydroxyl groups excluding tert-OH is 1. The van der Waals surface area contributed by atoms with Crippen LogP contribution < -0.4 is 10.5 Å². The van der Waals surface area contributed by atoms with Gasteiger partial charge in [0.1, 0.15) is 4.90 Å². The maximum Gasteiger partial charge on any atom is 0.242 e. The van der Waals surface area contributed by atoms with Crippen LogP contribution in [0.1, 0.15) is 12.5 Å². The number of nitrogens with two attached hydrogens (primary N) is 1. The SMILES string of the molecule is CC(O)C(N)CNS(=O)(=O)c1ccc(C#N)cc1Cl. The van der Waals surface area contributed by atoms with Crippen molar-refractivity contribution < 1.29 is 13.5 Å². The Morgan fingerprint density at radius 2 is 2.21 bits per heavy atom. The molecule has 0 saturated carbocycles. The van der Waals surface area contributed by atoms with E-state index in [0.29, 0.717) is 0 Å². The maximum atomic E-state index is 12.0.